The van der Waals surface area contributed by atoms with Gasteiger partial charge in [-0.15, -0.1) is 0 Å². The second kappa shape index (κ2) is 3.37. The lowest BCUT2D eigenvalue weighted by atomic mass is 9.78. The van der Waals surface area contributed by atoms with Crippen molar-refractivity contribution in [3.63, 3.8) is 0 Å². The van der Waals surface area contributed by atoms with Crippen LogP contribution in [0.3, 0.4) is 0 Å². The van der Waals surface area contributed by atoms with Crippen LogP contribution in [-0.4, -0.2) is 16.3 Å². The summed E-state index contributed by atoms with van der Waals surface area (Å²) in [7, 11) is 2.78. The van der Waals surface area contributed by atoms with E-state index in [2.05, 4.69) is 37.8 Å². The normalized spacial score (nSPS) is 48.0. The molecule has 0 aromatic heterocycles. The van der Waals surface area contributed by atoms with E-state index in [9.17, 15) is 0 Å². The summed E-state index contributed by atoms with van der Waals surface area (Å²) in [5.41, 5.74) is 0. The Morgan fingerprint density at radius 2 is 2.00 bits per heavy atom. The van der Waals surface area contributed by atoms with Crippen LogP contribution in [0, 0.1) is 11.8 Å². The molecule has 0 nitrogen and oxygen atoms in total. The predicted octanol–water partition coefficient (Wildman–Crippen LogP) is 3.48. The average Bonchev–Trinajstić information content (AvgIpc) is 2.28. The van der Waals surface area contributed by atoms with Gasteiger partial charge in [-0.2, -0.15) is 0 Å². The third-order valence-electron chi connectivity index (χ3n) is 4.08. The Morgan fingerprint density at radius 3 is 2.62 bits per heavy atom. The first-order chi connectivity index (χ1) is 6.07. The maximum atomic E-state index is 2.51. The van der Waals surface area contributed by atoms with E-state index < -0.39 is 0 Å². The Hall–Kier alpha value is 0.700. The lowest BCUT2D eigenvalue weighted by molar-refractivity contribution is 0.290. The van der Waals surface area contributed by atoms with Crippen molar-refractivity contribution >= 4 is 20.7 Å². The summed E-state index contributed by atoms with van der Waals surface area (Å²) in [5, 5.41) is 1.05. The van der Waals surface area contributed by atoms with Crippen molar-refractivity contribution in [1.82, 2.24) is 0 Å². The van der Waals surface area contributed by atoms with Crippen molar-refractivity contribution in [3.8, 4) is 0 Å². The van der Waals surface area contributed by atoms with E-state index in [0.717, 1.165) is 17.1 Å². The lowest BCUT2D eigenvalue weighted by Crippen LogP contribution is -2.32. The van der Waals surface area contributed by atoms with Crippen molar-refractivity contribution in [2.24, 2.45) is 11.8 Å². The van der Waals surface area contributed by atoms with Crippen LogP contribution in [-0.2, 0) is 9.93 Å². The minimum atomic E-state index is 0.634. The zero-order chi connectivity index (χ0) is 9.64. The van der Waals surface area contributed by atoms with Gasteiger partial charge in [0.25, 0.3) is 0 Å². The fourth-order valence-electron chi connectivity index (χ4n) is 3.10. The Morgan fingerprint density at radius 1 is 1.31 bits per heavy atom. The summed E-state index contributed by atoms with van der Waals surface area (Å²) in [6, 6.07) is 0. The molecule has 4 unspecified atom stereocenters. The van der Waals surface area contributed by atoms with Gasteiger partial charge in [0.15, 0.2) is 0 Å². The van der Waals surface area contributed by atoms with Crippen LogP contribution in [0.1, 0.15) is 40.0 Å². The highest BCUT2D eigenvalue weighted by molar-refractivity contribution is 8.74. The van der Waals surface area contributed by atoms with E-state index in [1.165, 1.54) is 19.3 Å². The van der Waals surface area contributed by atoms with Gasteiger partial charge in [0, 0.05) is 24.5 Å². The molecule has 2 rings (SSSR count). The van der Waals surface area contributed by atoms with Crippen molar-refractivity contribution in [2.45, 2.75) is 50.0 Å². The van der Waals surface area contributed by atoms with Crippen molar-refractivity contribution in [1.29, 1.82) is 0 Å². The molecule has 0 radical (unpaired) electrons. The Labute approximate surface area is 89.0 Å². The summed E-state index contributed by atoms with van der Waals surface area (Å²) in [6.07, 6.45) is 6.83. The van der Waals surface area contributed by atoms with Crippen LogP contribution in [0.4, 0.5) is 0 Å². The van der Waals surface area contributed by atoms with Gasteiger partial charge in [0.2, 0.25) is 0 Å². The molecular weight excluding hydrogens is 196 g/mol. The molecule has 1 heterocycles. The standard InChI is InChI=1S/C11H21S2/c1-8-5-6-9-7-10(8)13(12-4)11(9,2)3/h8-10H,5-7H2,1-4H3/q+1. The van der Waals surface area contributed by atoms with Crippen molar-refractivity contribution in [3.05, 3.63) is 0 Å². The van der Waals surface area contributed by atoms with E-state index in [1.807, 2.05) is 0 Å². The lowest BCUT2D eigenvalue weighted by Gasteiger charge is -2.22. The first-order valence-corrected chi connectivity index (χ1v) is 8.38. The van der Waals surface area contributed by atoms with Crippen LogP contribution in [0.5, 0.6) is 0 Å². The Balaban J connectivity index is 2.25. The van der Waals surface area contributed by atoms with Gasteiger partial charge < -0.3 is 0 Å². The highest BCUT2D eigenvalue weighted by atomic mass is 33.1. The molecule has 0 spiro atoms. The third-order valence-corrected chi connectivity index (χ3v) is 10.1. The van der Waals surface area contributed by atoms with Gasteiger partial charge in [0.05, 0.1) is 20.7 Å². The van der Waals surface area contributed by atoms with Crippen LogP contribution < -0.4 is 0 Å². The largest absolute Gasteiger partial charge is 0.137 e. The van der Waals surface area contributed by atoms with Gasteiger partial charge in [0.1, 0.15) is 10.00 Å². The fraction of sp³-hybridized carbons (Fsp3) is 1.00. The molecule has 1 saturated carbocycles. The van der Waals surface area contributed by atoms with E-state index >= 15 is 0 Å². The maximum Gasteiger partial charge on any atom is 0.137 e. The van der Waals surface area contributed by atoms with Crippen LogP contribution in [0.2, 0.25) is 0 Å². The van der Waals surface area contributed by atoms with Crippen LogP contribution in [0.15, 0.2) is 0 Å². The molecule has 13 heavy (non-hydrogen) atoms. The second-order valence-corrected chi connectivity index (χ2v) is 9.76. The van der Waals surface area contributed by atoms with E-state index in [-0.39, 0.29) is 0 Å². The second-order valence-electron chi connectivity index (χ2n) is 5.09. The van der Waals surface area contributed by atoms with Crippen molar-refractivity contribution in [2.75, 3.05) is 6.26 Å². The summed E-state index contributed by atoms with van der Waals surface area (Å²) >= 11 is 0. The summed E-state index contributed by atoms with van der Waals surface area (Å²) in [4.78, 5) is 0. The molecule has 2 aliphatic rings. The number of rotatable bonds is 1. The van der Waals surface area contributed by atoms with E-state index in [0.29, 0.717) is 14.7 Å². The molecule has 0 aromatic rings. The minimum Gasteiger partial charge on any atom is -0.0577 e. The minimum absolute atomic E-state index is 0.634. The van der Waals surface area contributed by atoms with Crippen LogP contribution in [0.25, 0.3) is 0 Å². The molecule has 2 bridgehead atoms. The molecule has 1 aliphatic carbocycles. The smallest absolute Gasteiger partial charge is 0.0577 e. The monoisotopic (exact) mass is 217 g/mol. The molecule has 1 saturated heterocycles. The first kappa shape index (κ1) is 10.2. The molecule has 2 heteroatoms. The van der Waals surface area contributed by atoms with Crippen molar-refractivity contribution < 1.29 is 0 Å². The average molecular weight is 217 g/mol. The van der Waals surface area contributed by atoms with Gasteiger partial charge in [-0.1, -0.05) is 6.92 Å². The van der Waals surface area contributed by atoms with Gasteiger partial charge in [-0.25, -0.2) is 0 Å². The third kappa shape index (κ3) is 1.45. The Kier molecular flexibility index (Phi) is 2.65. The molecule has 4 atom stereocenters. The predicted molar refractivity (Wildman–Crippen MR) is 65.3 cm³/mol. The SMILES string of the molecule is CS[S+]1C2CC(CCC2C)C1(C)C. The zero-order valence-corrected chi connectivity index (χ0v) is 10.8. The number of hydrogen-bond acceptors (Lipinski definition) is 1. The van der Waals surface area contributed by atoms with E-state index in [4.69, 9.17) is 0 Å². The Bertz CT molecular complexity index is 200. The maximum absolute atomic E-state index is 2.51. The quantitative estimate of drug-likeness (QED) is 0.479. The molecule has 0 amide bonds. The molecule has 1 aliphatic heterocycles. The fourth-order valence-corrected chi connectivity index (χ4v) is 9.31. The highest BCUT2D eigenvalue weighted by Crippen LogP contribution is 2.55. The number of hydrogen-bond donors (Lipinski definition) is 0. The topological polar surface area (TPSA) is 0 Å². The zero-order valence-electron chi connectivity index (χ0n) is 9.17. The molecule has 2 fully saturated rings. The molecule has 76 valence electrons. The van der Waals surface area contributed by atoms with Crippen LogP contribution >= 0.6 is 10.8 Å². The molecule has 0 N–H and O–H groups in total. The van der Waals surface area contributed by atoms with Gasteiger partial charge in [-0.05, 0) is 26.7 Å². The summed E-state index contributed by atoms with van der Waals surface area (Å²) in [6.45, 7) is 7.49. The first-order valence-electron chi connectivity index (χ1n) is 5.35. The van der Waals surface area contributed by atoms with E-state index in [1.54, 1.807) is 0 Å². The van der Waals surface area contributed by atoms with Gasteiger partial charge in [-0.3, -0.25) is 0 Å². The summed E-state index contributed by atoms with van der Waals surface area (Å²) < 4.78 is 0.634. The number of fused-ring (bicyclic) bond motifs is 2. The summed E-state index contributed by atoms with van der Waals surface area (Å²) in [5.74, 6) is 2.03. The molecular formula is C11H21S2+. The van der Waals surface area contributed by atoms with Gasteiger partial charge >= 0.3 is 0 Å². The highest BCUT2D eigenvalue weighted by Gasteiger charge is 2.61. The molecule has 0 aromatic carbocycles.